The van der Waals surface area contributed by atoms with Gasteiger partial charge in [-0.05, 0) is 43.4 Å². The van der Waals surface area contributed by atoms with Gasteiger partial charge in [0.1, 0.15) is 6.61 Å². The van der Waals surface area contributed by atoms with Gasteiger partial charge >= 0.3 is 0 Å². The van der Waals surface area contributed by atoms with Gasteiger partial charge in [0.15, 0.2) is 0 Å². The number of hydrogen-bond donors (Lipinski definition) is 2. The van der Waals surface area contributed by atoms with Gasteiger partial charge in [0.25, 0.3) is 0 Å². The average Bonchev–Trinajstić information content (AvgIpc) is 2.48. The number of amides is 1. The molecule has 1 saturated carbocycles. The van der Waals surface area contributed by atoms with Crippen LogP contribution in [-0.4, -0.2) is 32.2 Å². The molecule has 1 fully saturated rings. The van der Waals surface area contributed by atoms with Gasteiger partial charge in [-0.2, -0.15) is 0 Å². The fourth-order valence-corrected chi connectivity index (χ4v) is 3.33. The second-order valence-electron chi connectivity index (χ2n) is 5.77. The molecule has 6 heteroatoms. The molecule has 3 N–H and O–H groups in total. The highest BCUT2D eigenvalue weighted by atomic mass is 35.5. The summed E-state index contributed by atoms with van der Waals surface area (Å²) in [6.07, 6.45) is 3.78. The molecule has 0 unspecified atom stereocenters. The highest BCUT2D eigenvalue weighted by Crippen LogP contribution is 2.39. The standard InChI is InChI=1S/C16H23ClN2O2.ClH/c1-21-10-15(20)19-14-5-7-16(11-18,8-6-14)12-3-2-4-13(17)9-12;/h2-4,9,14H,5-8,10-11,18H2,1H3,(H,19,20);1H/t14-,16+;. The lowest BCUT2D eigenvalue weighted by Crippen LogP contribution is -2.46. The molecule has 22 heavy (non-hydrogen) atoms. The molecule has 2 rings (SSSR count). The summed E-state index contributed by atoms with van der Waals surface area (Å²) in [5.74, 6) is -0.0505. The Bertz CT molecular complexity index is 489. The van der Waals surface area contributed by atoms with Gasteiger partial charge < -0.3 is 15.8 Å². The topological polar surface area (TPSA) is 64.3 Å². The number of benzene rings is 1. The summed E-state index contributed by atoms with van der Waals surface area (Å²) in [6, 6.07) is 8.18. The number of carbonyl (C=O) groups excluding carboxylic acids is 1. The molecular weight excluding hydrogens is 323 g/mol. The molecule has 0 bridgehead atoms. The summed E-state index contributed by atoms with van der Waals surface area (Å²) in [7, 11) is 1.53. The average molecular weight is 347 g/mol. The fraction of sp³-hybridized carbons (Fsp3) is 0.562. The zero-order valence-electron chi connectivity index (χ0n) is 12.8. The van der Waals surface area contributed by atoms with Crippen molar-refractivity contribution in [1.82, 2.24) is 5.32 Å². The first-order valence-corrected chi connectivity index (χ1v) is 7.72. The van der Waals surface area contributed by atoms with E-state index in [1.807, 2.05) is 18.2 Å². The number of ether oxygens (including phenoxy) is 1. The first kappa shape index (κ1) is 19.2. The van der Waals surface area contributed by atoms with Crippen LogP contribution < -0.4 is 11.1 Å². The maximum absolute atomic E-state index is 11.6. The summed E-state index contributed by atoms with van der Waals surface area (Å²) >= 11 is 6.10. The highest BCUT2D eigenvalue weighted by Gasteiger charge is 2.36. The van der Waals surface area contributed by atoms with Crippen LogP contribution in [0.25, 0.3) is 0 Å². The predicted octanol–water partition coefficient (Wildman–Crippen LogP) is 2.66. The molecule has 1 aliphatic carbocycles. The van der Waals surface area contributed by atoms with Crippen LogP contribution >= 0.6 is 24.0 Å². The Kier molecular flexibility index (Phi) is 7.63. The Labute approximate surface area is 143 Å². The predicted molar refractivity (Wildman–Crippen MR) is 91.7 cm³/mol. The van der Waals surface area contributed by atoms with Crippen molar-refractivity contribution < 1.29 is 9.53 Å². The molecule has 1 aliphatic rings. The van der Waals surface area contributed by atoms with E-state index in [-0.39, 0.29) is 36.4 Å². The summed E-state index contributed by atoms with van der Waals surface area (Å²) in [5.41, 5.74) is 7.25. The van der Waals surface area contributed by atoms with Crippen LogP contribution in [0.2, 0.25) is 5.02 Å². The quantitative estimate of drug-likeness (QED) is 0.861. The van der Waals surface area contributed by atoms with Crippen molar-refractivity contribution in [3.63, 3.8) is 0 Å². The Morgan fingerprint density at radius 2 is 2.14 bits per heavy atom. The van der Waals surface area contributed by atoms with E-state index in [2.05, 4.69) is 11.4 Å². The third-order valence-corrected chi connectivity index (χ3v) is 4.65. The third kappa shape index (κ3) is 4.59. The van der Waals surface area contributed by atoms with E-state index in [0.29, 0.717) is 6.54 Å². The maximum Gasteiger partial charge on any atom is 0.246 e. The fourth-order valence-electron chi connectivity index (χ4n) is 3.14. The largest absolute Gasteiger partial charge is 0.375 e. The molecule has 0 radical (unpaired) electrons. The van der Waals surface area contributed by atoms with Crippen molar-refractivity contribution in [2.45, 2.75) is 37.1 Å². The van der Waals surface area contributed by atoms with Crippen LogP contribution in [0.5, 0.6) is 0 Å². The van der Waals surface area contributed by atoms with Crippen LogP contribution in [0, 0.1) is 0 Å². The lowest BCUT2D eigenvalue weighted by Gasteiger charge is -2.40. The van der Waals surface area contributed by atoms with E-state index in [0.717, 1.165) is 30.7 Å². The minimum absolute atomic E-state index is 0. The van der Waals surface area contributed by atoms with E-state index in [9.17, 15) is 4.79 Å². The summed E-state index contributed by atoms with van der Waals surface area (Å²) < 4.78 is 4.84. The van der Waals surface area contributed by atoms with Gasteiger partial charge in [-0.15, -0.1) is 12.4 Å². The zero-order chi connectivity index (χ0) is 15.3. The molecule has 4 nitrogen and oxygen atoms in total. The van der Waals surface area contributed by atoms with Gasteiger partial charge in [-0.3, -0.25) is 4.79 Å². The summed E-state index contributed by atoms with van der Waals surface area (Å²) in [4.78, 5) is 11.6. The Hall–Kier alpha value is -0.810. The van der Waals surface area contributed by atoms with E-state index in [4.69, 9.17) is 22.1 Å². The Morgan fingerprint density at radius 1 is 1.45 bits per heavy atom. The third-order valence-electron chi connectivity index (χ3n) is 4.41. The molecule has 1 aromatic rings. The summed E-state index contributed by atoms with van der Waals surface area (Å²) in [5, 5.41) is 3.76. The lowest BCUT2D eigenvalue weighted by molar-refractivity contribution is -0.125. The minimum Gasteiger partial charge on any atom is -0.375 e. The van der Waals surface area contributed by atoms with Crippen molar-refractivity contribution in [2.24, 2.45) is 5.73 Å². The van der Waals surface area contributed by atoms with Gasteiger partial charge in [0, 0.05) is 30.1 Å². The number of methoxy groups -OCH3 is 1. The molecule has 124 valence electrons. The first-order valence-electron chi connectivity index (χ1n) is 7.34. The molecular formula is C16H24Cl2N2O2. The molecule has 0 spiro atoms. The number of nitrogens with one attached hydrogen (secondary N) is 1. The maximum atomic E-state index is 11.6. The number of hydrogen-bond acceptors (Lipinski definition) is 3. The smallest absolute Gasteiger partial charge is 0.246 e. The lowest BCUT2D eigenvalue weighted by atomic mass is 9.68. The van der Waals surface area contributed by atoms with E-state index in [1.54, 1.807) is 0 Å². The second kappa shape index (κ2) is 8.73. The number of halogens is 2. The van der Waals surface area contributed by atoms with Gasteiger partial charge in [-0.25, -0.2) is 0 Å². The van der Waals surface area contributed by atoms with Crippen molar-refractivity contribution in [2.75, 3.05) is 20.3 Å². The van der Waals surface area contributed by atoms with Gasteiger partial charge in [0.2, 0.25) is 5.91 Å². The van der Waals surface area contributed by atoms with Crippen LogP contribution in [0.1, 0.15) is 31.2 Å². The monoisotopic (exact) mass is 346 g/mol. The van der Waals surface area contributed by atoms with Crippen LogP contribution in [0.3, 0.4) is 0 Å². The van der Waals surface area contributed by atoms with Crippen molar-refractivity contribution in [3.05, 3.63) is 34.9 Å². The van der Waals surface area contributed by atoms with Crippen LogP contribution in [0.4, 0.5) is 0 Å². The molecule has 0 heterocycles. The SMILES string of the molecule is COCC(=O)N[C@H]1CC[C@@](CN)(c2cccc(Cl)c2)CC1.Cl. The van der Waals surface area contributed by atoms with E-state index >= 15 is 0 Å². The van der Waals surface area contributed by atoms with Crippen molar-refractivity contribution >= 4 is 29.9 Å². The number of nitrogens with two attached hydrogens (primary N) is 1. The summed E-state index contributed by atoms with van der Waals surface area (Å²) in [6.45, 7) is 0.721. The van der Waals surface area contributed by atoms with E-state index in [1.165, 1.54) is 12.7 Å². The Morgan fingerprint density at radius 3 is 2.68 bits per heavy atom. The first-order chi connectivity index (χ1) is 10.1. The van der Waals surface area contributed by atoms with Crippen LogP contribution in [-0.2, 0) is 14.9 Å². The molecule has 1 amide bonds. The molecule has 0 atom stereocenters. The van der Waals surface area contributed by atoms with Gasteiger partial charge in [0.05, 0.1) is 0 Å². The molecule has 0 aliphatic heterocycles. The van der Waals surface area contributed by atoms with Gasteiger partial charge in [-0.1, -0.05) is 23.7 Å². The van der Waals surface area contributed by atoms with Crippen molar-refractivity contribution in [1.29, 1.82) is 0 Å². The number of rotatable bonds is 5. The van der Waals surface area contributed by atoms with E-state index < -0.39 is 0 Å². The normalized spacial score (nSPS) is 24.4. The molecule has 1 aromatic carbocycles. The molecule has 0 aromatic heterocycles. The second-order valence-corrected chi connectivity index (χ2v) is 6.21. The molecule has 0 saturated heterocycles. The Balaban J connectivity index is 0.00000242. The number of carbonyl (C=O) groups is 1. The highest BCUT2D eigenvalue weighted by molar-refractivity contribution is 6.30. The van der Waals surface area contributed by atoms with Crippen molar-refractivity contribution in [3.8, 4) is 0 Å². The van der Waals surface area contributed by atoms with Crippen LogP contribution in [0.15, 0.2) is 24.3 Å². The minimum atomic E-state index is -0.0505. The zero-order valence-corrected chi connectivity index (χ0v) is 14.4.